The van der Waals surface area contributed by atoms with Crippen LogP contribution in [0, 0.1) is 12.8 Å². The number of rotatable bonds is 4. The Hall–Kier alpha value is -1.91. The predicted molar refractivity (Wildman–Crippen MR) is 83.8 cm³/mol. The molecule has 0 bridgehead atoms. The van der Waals surface area contributed by atoms with Crippen LogP contribution in [0.25, 0.3) is 0 Å². The molecule has 112 valence electrons. The molecule has 1 aliphatic carbocycles. The van der Waals surface area contributed by atoms with Crippen LogP contribution in [0.3, 0.4) is 0 Å². The molecule has 0 amide bonds. The van der Waals surface area contributed by atoms with E-state index in [9.17, 15) is 0 Å². The van der Waals surface area contributed by atoms with Gasteiger partial charge in [0.25, 0.3) is 0 Å². The molecule has 1 aliphatic rings. The minimum atomic E-state index is 0.590. The summed E-state index contributed by atoms with van der Waals surface area (Å²) < 4.78 is 1.98. The first kappa shape index (κ1) is 14.0. The quantitative estimate of drug-likeness (QED) is 0.936. The van der Waals surface area contributed by atoms with E-state index in [4.69, 9.17) is 0 Å². The largest absolute Gasteiger partial charge is 0.337 e. The number of aryl methyl sites for hydroxylation is 2. The van der Waals surface area contributed by atoms with Gasteiger partial charge in [-0.15, -0.1) is 0 Å². The molecule has 0 aliphatic heterocycles. The third-order valence-corrected chi connectivity index (χ3v) is 3.74. The van der Waals surface area contributed by atoms with E-state index in [1.54, 1.807) is 0 Å². The van der Waals surface area contributed by atoms with Gasteiger partial charge in [0, 0.05) is 24.0 Å². The summed E-state index contributed by atoms with van der Waals surface area (Å²) >= 11 is 0. The number of fused-ring (bicyclic) bond motifs is 1. The standard InChI is InChI=1S/C16H23N5/c1-11(2)9-21-10-13(8-17-21)20-16-14-6-4-5-7-15(14)18-12(3)19-16/h8,10-11H,4-7,9H2,1-3H3,(H,18,19,20). The Morgan fingerprint density at radius 2 is 2.05 bits per heavy atom. The molecule has 0 atom stereocenters. The van der Waals surface area contributed by atoms with E-state index in [0.29, 0.717) is 5.92 Å². The van der Waals surface area contributed by atoms with Gasteiger partial charge >= 0.3 is 0 Å². The molecule has 0 saturated carbocycles. The van der Waals surface area contributed by atoms with Crippen molar-refractivity contribution in [3.05, 3.63) is 29.5 Å². The smallest absolute Gasteiger partial charge is 0.137 e. The average Bonchev–Trinajstić information content (AvgIpc) is 2.85. The minimum absolute atomic E-state index is 0.590. The van der Waals surface area contributed by atoms with Crippen LogP contribution in [0.2, 0.25) is 0 Å². The molecule has 0 spiro atoms. The van der Waals surface area contributed by atoms with Crippen LogP contribution < -0.4 is 5.32 Å². The molecule has 5 heteroatoms. The minimum Gasteiger partial charge on any atom is -0.337 e. The SMILES string of the molecule is Cc1nc2c(c(Nc3cnn(CC(C)C)c3)n1)CCCC2. The van der Waals surface area contributed by atoms with Gasteiger partial charge in [0.15, 0.2) is 0 Å². The lowest BCUT2D eigenvalue weighted by Crippen LogP contribution is -2.11. The van der Waals surface area contributed by atoms with Gasteiger partial charge < -0.3 is 5.32 Å². The molecule has 1 N–H and O–H groups in total. The first-order valence-corrected chi connectivity index (χ1v) is 7.77. The second kappa shape index (κ2) is 5.84. The first-order valence-electron chi connectivity index (χ1n) is 7.77. The molecule has 0 aromatic carbocycles. The number of hydrogen-bond acceptors (Lipinski definition) is 4. The van der Waals surface area contributed by atoms with Crippen LogP contribution in [-0.4, -0.2) is 19.7 Å². The Morgan fingerprint density at radius 1 is 1.24 bits per heavy atom. The molecular weight excluding hydrogens is 262 g/mol. The lowest BCUT2D eigenvalue weighted by atomic mass is 9.96. The average molecular weight is 285 g/mol. The number of nitrogens with one attached hydrogen (secondary N) is 1. The molecule has 2 heterocycles. The van der Waals surface area contributed by atoms with Crippen molar-refractivity contribution >= 4 is 11.5 Å². The van der Waals surface area contributed by atoms with E-state index in [1.165, 1.54) is 24.1 Å². The number of hydrogen-bond donors (Lipinski definition) is 1. The van der Waals surface area contributed by atoms with Gasteiger partial charge in [0.2, 0.25) is 0 Å². The van der Waals surface area contributed by atoms with Crippen molar-refractivity contribution in [1.82, 2.24) is 19.7 Å². The van der Waals surface area contributed by atoms with Gasteiger partial charge in [-0.1, -0.05) is 13.8 Å². The van der Waals surface area contributed by atoms with Gasteiger partial charge in [-0.2, -0.15) is 5.10 Å². The third-order valence-electron chi connectivity index (χ3n) is 3.74. The normalized spacial score (nSPS) is 14.3. The first-order chi connectivity index (χ1) is 10.1. The van der Waals surface area contributed by atoms with Crippen LogP contribution in [0.4, 0.5) is 11.5 Å². The zero-order chi connectivity index (χ0) is 14.8. The maximum atomic E-state index is 4.59. The van der Waals surface area contributed by atoms with E-state index in [0.717, 1.165) is 36.7 Å². The Balaban J connectivity index is 1.84. The van der Waals surface area contributed by atoms with E-state index < -0.39 is 0 Å². The summed E-state index contributed by atoms with van der Waals surface area (Å²) in [5.74, 6) is 2.39. The van der Waals surface area contributed by atoms with Gasteiger partial charge in [-0.05, 0) is 38.5 Å². The summed E-state index contributed by atoms with van der Waals surface area (Å²) in [5.41, 5.74) is 3.50. The highest BCUT2D eigenvalue weighted by Crippen LogP contribution is 2.27. The fourth-order valence-electron chi connectivity index (χ4n) is 2.86. The second-order valence-corrected chi connectivity index (χ2v) is 6.22. The maximum absolute atomic E-state index is 4.59. The summed E-state index contributed by atoms with van der Waals surface area (Å²) in [6.07, 6.45) is 8.51. The molecule has 21 heavy (non-hydrogen) atoms. The van der Waals surface area contributed by atoms with Crippen LogP contribution in [0.5, 0.6) is 0 Å². The third kappa shape index (κ3) is 3.23. The van der Waals surface area contributed by atoms with Crippen LogP contribution >= 0.6 is 0 Å². The van der Waals surface area contributed by atoms with E-state index in [2.05, 4.69) is 34.2 Å². The summed E-state index contributed by atoms with van der Waals surface area (Å²) in [6.45, 7) is 7.28. The van der Waals surface area contributed by atoms with Crippen molar-refractivity contribution < 1.29 is 0 Å². The highest BCUT2D eigenvalue weighted by atomic mass is 15.3. The summed E-state index contributed by atoms with van der Waals surface area (Å²) in [7, 11) is 0. The Kier molecular flexibility index (Phi) is 3.90. The van der Waals surface area contributed by atoms with Crippen molar-refractivity contribution in [3.63, 3.8) is 0 Å². The Bertz CT molecular complexity index is 630. The van der Waals surface area contributed by atoms with Crippen molar-refractivity contribution in [3.8, 4) is 0 Å². The van der Waals surface area contributed by atoms with Crippen molar-refractivity contribution in [2.24, 2.45) is 5.92 Å². The zero-order valence-corrected chi connectivity index (χ0v) is 13.1. The van der Waals surface area contributed by atoms with Gasteiger partial charge in [-0.25, -0.2) is 9.97 Å². The maximum Gasteiger partial charge on any atom is 0.137 e. The van der Waals surface area contributed by atoms with Crippen LogP contribution in [-0.2, 0) is 19.4 Å². The van der Waals surface area contributed by atoms with Gasteiger partial charge in [-0.3, -0.25) is 4.68 Å². The molecule has 0 radical (unpaired) electrons. The fraction of sp³-hybridized carbons (Fsp3) is 0.562. The number of nitrogens with zero attached hydrogens (tertiary/aromatic N) is 4. The van der Waals surface area contributed by atoms with Crippen molar-refractivity contribution in [1.29, 1.82) is 0 Å². The molecule has 2 aromatic rings. The van der Waals surface area contributed by atoms with Crippen molar-refractivity contribution in [2.75, 3.05) is 5.32 Å². The number of anilines is 2. The second-order valence-electron chi connectivity index (χ2n) is 6.22. The molecule has 0 saturated heterocycles. The zero-order valence-electron chi connectivity index (χ0n) is 13.1. The molecule has 2 aromatic heterocycles. The predicted octanol–water partition coefficient (Wildman–Crippen LogP) is 3.26. The monoisotopic (exact) mass is 285 g/mol. The summed E-state index contributed by atoms with van der Waals surface area (Å²) in [4.78, 5) is 9.18. The highest BCUT2D eigenvalue weighted by molar-refractivity contribution is 5.59. The lowest BCUT2D eigenvalue weighted by Gasteiger charge is -2.18. The van der Waals surface area contributed by atoms with E-state index in [-0.39, 0.29) is 0 Å². The lowest BCUT2D eigenvalue weighted by molar-refractivity contribution is 0.483. The van der Waals surface area contributed by atoms with Crippen molar-refractivity contribution in [2.45, 2.75) is 53.0 Å². The Labute approximate surface area is 125 Å². The summed E-state index contributed by atoms with van der Waals surface area (Å²) in [5, 5.41) is 7.83. The van der Waals surface area contributed by atoms with Gasteiger partial charge in [0.1, 0.15) is 11.6 Å². The van der Waals surface area contributed by atoms with E-state index in [1.807, 2.05) is 24.0 Å². The van der Waals surface area contributed by atoms with Crippen LogP contribution in [0.15, 0.2) is 12.4 Å². The molecular formula is C16H23N5. The molecule has 3 rings (SSSR count). The van der Waals surface area contributed by atoms with E-state index >= 15 is 0 Å². The fourth-order valence-corrected chi connectivity index (χ4v) is 2.86. The van der Waals surface area contributed by atoms with Crippen LogP contribution in [0.1, 0.15) is 43.8 Å². The highest BCUT2D eigenvalue weighted by Gasteiger charge is 2.17. The molecule has 5 nitrogen and oxygen atoms in total. The molecule has 0 unspecified atom stereocenters. The topological polar surface area (TPSA) is 55.6 Å². The number of aromatic nitrogens is 4. The Morgan fingerprint density at radius 3 is 2.86 bits per heavy atom. The molecule has 0 fully saturated rings. The van der Waals surface area contributed by atoms with Gasteiger partial charge in [0.05, 0.1) is 11.9 Å². The summed E-state index contributed by atoms with van der Waals surface area (Å²) in [6, 6.07) is 0.